The van der Waals surface area contributed by atoms with Crippen molar-refractivity contribution in [3.05, 3.63) is 27.7 Å². The first-order valence-electron chi connectivity index (χ1n) is 10.3. The van der Waals surface area contributed by atoms with Gasteiger partial charge in [-0.2, -0.15) is 0 Å². The topological polar surface area (TPSA) is 53.4 Å². The minimum Gasteiger partial charge on any atom is -0.390 e. The molecule has 0 saturated heterocycles. The third kappa shape index (κ3) is 2.04. The lowest BCUT2D eigenvalue weighted by atomic mass is 9.44. The first kappa shape index (κ1) is 17.4. The monoisotopic (exact) mass is 373 g/mol. The molecule has 3 saturated carbocycles. The second-order valence-corrected chi connectivity index (χ2v) is 11.3. The SMILES string of the molecule is C=C1CCC2C3C(O)C(O)C4Cc5nc(C)sc5CC4(C)C3CCC12C. The van der Waals surface area contributed by atoms with E-state index < -0.39 is 12.2 Å². The molecule has 3 nitrogen and oxygen atoms in total. The Morgan fingerprint density at radius 2 is 1.88 bits per heavy atom. The fourth-order valence-corrected chi connectivity index (χ4v) is 8.60. The quantitative estimate of drug-likeness (QED) is 0.678. The molecule has 4 heteroatoms. The van der Waals surface area contributed by atoms with Crippen LogP contribution >= 0.6 is 11.3 Å². The third-order valence-electron chi connectivity index (χ3n) is 8.98. The minimum atomic E-state index is -0.632. The highest BCUT2D eigenvalue weighted by Gasteiger charge is 2.64. The Balaban J connectivity index is 1.58. The average Bonchev–Trinajstić information content (AvgIpc) is 3.09. The lowest BCUT2D eigenvalue weighted by Crippen LogP contribution is -2.64. The summed E-state index contributed by atoms with van der Waals surface area (Å²) in [5, 5.41) is 23.5. The zero-order valence-electron chi connectivity index (χ0n) is 16.2. The number of aromatic nitrogens is 1. The predicted molar refractivity (Wildman–Crippen MR) is 104 cm³/mol. The van der Waals surface area contributed by atoms with Gasteiger partial charge in [0.2, 0.25) is 0 Å². The molecule has 3 fully saturated rings. The average molecular weight is 374 g/mol. The van der Waals surface area contributed by atoms with Gasteiger partial charge < -0.3 is 10.2 Å². The number of thiazole rings is 1. The number of fused-ring (bicyclic) bond motifs is 6. The molecule has 1 aromatic rings. The van der Waals surface area contributed by atoms with Gasteiger partial charge in [0.25, 0.3) is 0 Å². The highest BCUT2D eigenvalue weighted by molar-refractivity contribution is 7.11. The van der Waals surface area contributed by atoms with E-state index >= 15 is 0 Å². The molecule has 0 spiro atoms. The van der Waals surface area contributed by atoms with E-state index in [1.54, 1.807) is 0 Å². The van der Waals surface area contributed by atoms with Gasteiger partial charge in [0.05, 0.1) is 22.9 Å². The molecule has 1 heterocycles. The molecule has 142 valence electrons. The summed E-state index contributed by atoms with van der Waals surface area (Å²) in [5.41, 5.74) is 2.78. The van der Waals surface area contributed by atoms with Gasteiger partial charge in [0.1, 0.15) is 0 Å². The lowest BCUT2D eigenvalue weighted by molar-refractivity contribution is -0.201. The largest absolute Gasteiger partial charge is 0.390 e. The van der Waals surface area contributed by atoms with E-state index in [4.69, 9.17) is 4.98 Å². The number of rotatable bonds is 0. The molecule has 26 heavy (non-hydrogen) atoms. The predicted octanol–water partition coefficient (Wildman–Crippen LogP) is 3.91. The van der Waals surface area contributed by atoms with Crippen LogP contribution in [0.5, 0.6) is 0 Å². The fraction of sp³-hybridized carbons (Fsp3) is 0.773. The Hall–Kier alpha value is -0.710. The molecular weight excluding hydrogens is 342 g/mol. The minimum absolute atomic E-state index is 0.0700. The third-order valence-corrected chi connectivity index (χ3v) is 9.99. The van der Waals surface area contributed by atoms with Gasteiger partial charge in [-0.05, 0) is 80.0 Å². The smallest absolute Gasteiger partial charge is 0.0900 e. The lowest BCUT2D eigenvalue weighted by Gasteiger charge is -2.62. The second-order valence-electron chi connectivity index (χ2n) is 9.97. The van der Waals surface area contributed by atoms with E-state index in [-0.39, 0.29) is 22.7 Å². The van der Waals surface area contributed by atoms with Crippen LogP contribution in [0.1, 0.15) is 55.1 Å². The zero-order chi connectivity index (χ0) is 18.4. The normalized spacial score (nSPS) is 50.0. The summed E-state index contributed by atoms with van der Waals surface area (Å²) in [4.78, 5) is 6.15. The molecule has 0 amide bonds. The van der Waals surface area contributed by atoms with Crippen LogP contribution in [-0.2, 0) is 12.8 Å². The maximum absolute atomic E-state index is 11.2. The summed E-state index contributed by atoms with van der Waals surface area (Å²) in [6, 6.07) is 0. The Kier molecular flexibility index (Phi) is 3.63. The Morgan fingerprint density at radius 3 is 2.65 bits per heavy atom. The molecule has 1 aromatic heterocycles. The van der Waals surface area contributed by atoms with E-state index in [9.17, 15) is 10.2 Å². The van der Waals surface area contributed by atoms with Gasteiger partial charge >= 0.3 is 0 Å². The first-order valence-corrected chi connectivity index (χ1v) is 11.1. The summed E-state index contributed by atoms with van der Waals surface area (Å²) >= 11 is 1.84. The van der Waals surface area contributed by atoms with Crippen LogP contribution in [0.4, 0.5) is 0 Å². The van der Waals surface area contributed by atoms with Gasteiger partial charge in [-0.1, -0.05) is 26.0 Å². The maximum Gasteiger partial charge on any atom is 0.0900 e. The van der Waals surface area contributed by atoms with Crippen LogP contribution < -0.4 is 0 Å². The fourth-order valence-electron chi connectivity index (χ4n) is 7.46. The molecule has 8 atom stereocenters. The molecule has 0 aromatic carbocycles. The molecule has 4 aliphatic rings. The second kappa shape index (κ2) is 5.42. The van der Waals surface area contributed by atoms with E-state index in [0.29, 0.717) is 11.8 Å². The molecule has 4 aliphatic carbocycles. The number of allylic oxidation sites excluding steroid dienone is 1. The van der Waals surface area contributed by atoms with E-state index in [1.165, 1.54) is 22.6 Å². The summed E-state index contributed by atoms with van der Waals surface area (Å²) < 4.78 is 0. The molecule has 0 bridgehead atoms. The van der Waals surface area contributed by atoms with Gasteiger partial charge in [-0.15, -0.1) is 11.3 Å². The van der Waals surface area contributed by atoms with E-state index in [0.717, 1.165) is 37.1 Å². The highest BCUT2D eigenvalue weighted by atomic mass is 32.1. The van der Waals surface area contributed by atoms with Crippen molar-refractivity contribution in [3.8, 4) is 0 Å². The summed E-state index contributed by atoms with van der Waals surface area (Å²) in [5.74, 6) is 1.30. The highest BCUT2D eigenvalue weighted by Crippen LogP contribution is 2.66. The number of hydrogen-bond donors (Lipinski definition) is 2. The molecule has 0 aliphatic heterocycles. The Morgan fingerprint density at radius 1 is 1.12 bits per heavy atom. The number of nitrogens with zero attached hydrogens (tertiary/aromatic N) is 1. The van der Waals surface area contributed by atoms with Crippen LogP contribution in [-0.4, -0.2) is 27.4 Å². The summed E-state index contributed by atoms with van der Waals surface area (Å²) in [6.07, 6.45) is 5.18. The standard InChI is InChI=1S/C22H31NO2S/c1-11-5-6-13-18-14(7-8-21(11,13)3)22(4)10-17-16(23-12(2)26-17)9-15(22)19(24)20(18)25/h13-15,18-20,24-25H,1,5-10H2,2-4H3. The number of aliphatic hydroxyl groups is 2. The summed E-state index contributed by atoms with van der Waals surface area (Å²) in [7, 11) is 0. The van der Waals surface area contributed by atoms with Gasteiger partial charge in [-0.3, -0.25) is 0 Å². The van der Waals surface area contributed by atoms with Crippen molar-refractivity contribution in [1.82, 2.24) is 4.98 Å². The summed E-state index contributed by atoms with van der Waals surface area (Å²) in [6.45, 7) is 11.2. The van der Waals surface area contributed by atoms with Crippen molar-refractivity contribution >= 4 is 11.3 Å². The molecule has 0 radical (unpaired) electrons. The zero-order valence-corrected chi connectivity index (χ0v) is 17.0. The molecule has 8 unspecified atom stereocenters. The van der Waals surface area contributed by atoms with Crippen molar-refractivity contribution in [2.24, 2.45) is 34.5 Å². The van der Waals surface area contributed by atoms with Crippen molar-refractivity contribution in [2.45, 2.75) is 71.5 Å². The van der Waals surface area contributed by atoms with Crippen molar-refractivity contribution in [3.63, 3.8) is 0 Å². The van der Waals surface area contributed by atoms with Gasteiger partial charge in [-0.25, -0.2) is 4.98 Å². The maximum atomic E-state index is 11.2. The molecule has 5 rings (SSSR count). The number of aliphatic hydroxyl groups excluding tert-OH is 2. The van der Waals surface area contributed by atoms with E-state index in [2.05, 4.69) is 27.4 Å². The molecule has 2 N–H and O–H groups in total. The Labute approximate surface area is 160 Å². The van der Waals surface area contributed by atoms with Crippen LogP contribution in [0.3, 0.4) is 0 Å². The van der Waals surface area contributed by atoms with Crippen molar-refractivity contribution < 1.29 is 10.2 Å². The Bertz CT molecular complexity index is 772. The van der Waals surface area contributed by atoms with Crippen LogP contribution in [0.15, 0.2) is 12.2 Å². The van der Waals surface area contributed by atoms with Crippen LogP contribution in [0.25, 0.3) is 0 Å². The van der Waals surface area contributed by atoms with Crippen LogP contribution in [0.2, 0.25) is 0 Å². The van der Waals surface area contributed by atoms with Gasteiger partial charge in [0.15, 0.2) is 0 Å². The number of hydrogen-bond acceptors (Lipinski definition) is 4. The van der Waals surface area contributed by atoms with Crippen LogP contribution in [0, 0.1) is 41.4 Å². The molecular formula is C22H31NO2S. The first-order chi connectivity index (χ1) is 12.3. The van der Waals surface area contributed by atoms with Gasteiger partial charge in [0, 0.05) is 4.88 Å². The van der Waals surface area contributed by atoms with Crippen molar-refractivity contribution in [1.29, 1.82) is 0 Å². The van der Waals surface area contributed by atoms with Crippen molar-refractivity contribution in [2.75, 3.05) is 0 Å². The van der Waals surface area contributed by atoms with E-state index in [1.807, 2.05) is 11.3 Å². The number of aryl methyl sites for hydroxylation is 1.